The van der Waals surface area contributed by atoms with Crippen LogP contribution in [-0.2, 0) is 27.0 Å². The highest BCUT2D eigenvalue weighted by Gasteiger charge is 2.25. The molecule has 0 saturated heterocycles. The molecule has 0 spiro atoms. The summed E-state index contributed by atoms with van der Waals surface area (Å²) in [5.74, 6) is -0.0488. The van der Waals surface area contributed by atoms with Crippen molar-refractivity contribution >= 4 is 31.0 Å². The lowest BCUT2D eigenvalue weighted by atomic mass is 10.0. The van der Waals surface area contributed by atoms with Crippen molar-refractivity contribution in [1.82, 2.24) is 0 Å². The van der Waals surface area contributed by atoms with Gasteiger partial charge in [-0.15, -0.1) is 0 Å². The highest BCUT2D eigenvalue weighted by Crippen LogP contribution is 2.44. The Morgan fingerprint density at radius 2 is 0.884 bits per heavy atom. The second kappa shape index (κ2) is 13.8. The molecule has 3 N–H and O–H groups in total. The van der Waals surface area contributed by atoms with E-state index >= 15 is 0 Å². The predicted molar refractivity (Wildman–Crippen MR) is 169 cm³/mol. The molecule has 43 heavy (non-hydrogen) atoms. The van der Waals surface area contributed by atoms with E-state index in [1.54, 1.807) is 38.1 Å². The Morgan fingerprint density at radius 3 is 1.16 bits per heavy atom. The molecule has 0 atom stereocenters. The molecule has 0 aliphatic carbocycles. The highest BCUT2D eigenvalue weighted by molar-refractivity contribution is 7.48. The molecule has 4 rings (SSSR count). The fourth-order valence-electron chi connectivity index (χ4n) is 3.98. The highest BCUT2D eigenvalue weighted by atomic mass is 31.2. The number of amides is 2. The monoisotopic (exact) mass is 596 g/mol. The Kier molecular flexibility index (Phi) is 9.99. The van der Waals surface area contributed by atoms with E-state index in [-0.39, 0.29) is 23.3 Å². The summed E-state index contributed by atoms with van der Waals surface area (Å²) in [5.41, 5.74) is 6.26. The summed E-state index contributed by atoms with van der Waals surface area (Å²) in [5, 5.41) is 5.54. The Balaban J connectivity index is 1.28. The SMILES string of the molecule is C=C(C)C(=O)Nc1ccc(Cc2ccc(OP(=O)(O)Oc3ccc(Cc4ccc(NC(=O)C(=C)C)cc4)cc3)cc2)cc1. The molecule has 0 saturated carbocycles. The third kappa shape index (κ3) is 9.57. The zero-order chi connectivity index (χ0) is 31.0. The first-order chi connectivity index (χ1) is 20.5. The molecule has 0 radical (unpaired) electrons. The molecule has 0 aromatic heterocycles. The largest absolute Gasteiger partial charge is 0.584 e. The summed E-state index contributed by atoms with van der Waals surface area (Å²) in [6, 6.07) is 28.7. The third-order valence-electron chi connectivity index (χ3n) is 6.30. The van der Waals surface area contributed by atoms with Gasteiger partial charge in [0.1, 0.15) is 11.5 Å². The first kappa shape index (κ1) is 31.0. The van der Waals surface area contributed by atoms with Crippen molar-refractivity contribution in [3.05, 3.63) is 144 Å². The lowest BCUT2D eigenvalue weighted by molar-refractivity contribution is -0.113. The van der Waals surface area contributed by atoms with Crippen LogP contribution in [0, 0.1) is 0 Å². The molecule has 0 fully saturated rings. The van der Waals surface area contributed by atoms with Crippen LogP contribution < -0.4 is 19.7 Å². The number of phosphoric acid groups is 1. The van der Waals surface area contributed by atoms with Crippen LogP contribution in [0.1, 0.15) is 36.1 Å². The van der Waals surface area contributed by atoms with Gasteiger partial charge in [0, 0.05) is 22.5 Å². The van der Waals surface area contributed by atoms with Gasteiger partial charge in [0.15, 0.2) is 0 Å². The van der Waals surface area contributed by atoms with E-state index in [2.05, 4.69) is 23.8 Å². The topological polar surface area (TPSA) is 114 Å². The van der Waals surface area contributed by atoms with Crippen molar-refractivity contribution < 1.29 is 28.1 Å². The minimum Gasteiger partial charge on any atom is -0.395 e. The van der Waals surface area contributed by atoms with Crippen molar-refractivity contribution in [1.29, 1.82) is 0 Å². The van der Waals surface area contributed by atoms with Crippen LogP contribution >= 0.6 is 7.82 Å². The van der Waals surface area contributed by atoms with Crippen LogP contribution in [-0.4, -0.2) is 16.7 Å². The van der Waals surface area contributed by atoms with Crippen LogP contribution in [0.15, 0.2) is 121 Å². The van der Waals surface area contributed by atoms with Gasteiger partial charge >= 0.3 is 7.82 Å². The van der Waals surface area contributed by atoms with Gasteiger partial charge in [-0.2, -0.15) is 0 Å². The van der Waals surface area contributed by atoms with Crippen molar-refractivity contribution in [2.24, 2.45) is 0 Å². The fourth-order valence-corrected chi connectivity index (χ4v) is 4.79. The molecule has 8 nitrogen and oxygen atoms in total. The number of nitrogens with one attached hydrogen (secondary N) is 2. The smallest absolute Gasteiger partial charge is 0.395 e. The van der Waals surface area contributed by atoms with E-state index in [1.165, 1.54) is 0 Å². The van der Waals surface area contributed by atoms with Gasteiger partial charge in [-0.3, -0.25) is 14.5 Å². The number of carbonyl (C=O) groups excluding carboxylic acids is 2. The number of anilines is 2. The molecular formula is C34H33N2O6P. The lowest BCUT2D eigenvalue weighted by Crippen LogP contribution is -2.11. The van der Waals surface area contributed by atoms with E-state index in [9.17, 15) is 19.0 Å². The average Bonchev–Trinajstić information content (AvgIpc) is 2.96. The second-order valence-corrected chi connectivity index (χ2v) is 11.5. The van der Waals surface area contributed by atoms with Crippen molar-refractivity contribution in [3.8, 4) is 11.5 Å². The molecular weight excluding hydrogens is 563 g/mol. The molecule has 0 aliphatic heterocycles. The number of hydrogen-bond donors (Lipinski definition) is 3. The van der Waals surface area contributed by atoms with Crippen LogP contribution in [0.5, 0.6) is 11.5 Å². The van der Waals surface area contributed by atoms with Crippen LogP contribution in [0.4, 0.5) is 11.4 Å². The van der Waals surface area contributed by atoms with Gasteiger partial charge < -0.3 is 19.7 Å². The maximum Gasteiger partial charge on any atom is 0.584 e. The maximum atomic E-state index is 12.6. The van der Waals surface area contributed by atoms with E-state index in [0.29, 0.717) is 35.4 Å². The van der Waals surface area contributed by atoms with Gasteiger partial charge in [0.05, 0.1) is 0 Å². The van der Waals surface area contributed by atoms with Gasteiger partial charge in [-0.1, -0.05) is 61.7 Å². The van der Waals surface area contributed by atoms with Crippen molar-refractivity contribution in [2.75, 3.05) is 10.6 Å². The van der Waals surface area contributed by atoms with Gasteiger partial charge in [0.2, 0.25) is 0 Å². The molecule has 0 aliphatic rings. The first-order valence-corrected chi connectivity index (χ1v) is 15.0. The second-order valence-electron chi connectivity index (χ2n) is 10.2. The number of carbonyl (C=O) groups is 2. The Hall–Kier alpha value is -4.91. The summed E-state index contributed by atoms with van der Waals surface area (Å²) in [6.07, 6.45) is 1.26. The summed E-state index contributed by atoms with van der Waals surface area (Å²) in [7, 11) is -4.43. The fraction of sp³-hybridized carbons (Fsp3) is 0.118. The first-order valence-electron chi connectivity index (χ1n) is 13.5. The Labute approximate surface area is 251 Å². The molecule has 0 bridgehead atoms. The standard InChI is InChI=1S/C34H33N2O6P/c1-23(2)33(37)35-29-13-5-25(6-14-29)21-27-9-17-31(18-10-27)41-43(39,40)42-32-19-11-28(12-20-32)22-26-7-15-30(16-8-26)36-34(38)24(3)4/h5-20H,1,3,21-22H2,2,4H3,(H,35,37)(H,36,38)(H,39,40). The summed E-state index contributed by atoms with van der Waals surface area (Å²) in [6.45, 7) is 10.6. The number of hydrogen-bond acceptors (Lipinski definition) is 5. The summed E-state index contributed by atoms with van der Waals surface area (Å²) < 4.78 is 23.2. The molecule has 220 valence electrons. The quantitative estimate of drug-likeness (QED) is 0.116. The minimum absolute atomic E-state index is 0.201. The minimum atomic E-state index is -4.43. The van der Waals surface area contributed by atoms with Crippen molar-refractivity contribution in [2.45, 2.75) is 26.7 Å². The van der Waals surface area contributed by atoms with Crippen molar-refractivity contribution in [3.63, 3.8) is 0 Å². The zero-order valence-corrected chi connectivity index (χ0v) is 24.9. The number of rotatable bonds is 12. The third-order valence-corrected chi connectivity index (χ3v) is 7.19. The van der Waals surface area contributed by atoms with Gasteiger partial charge in [-0.25, -0.2) is 4.57 Å². The zero-order valence-electron chi connectivity index (χ0n) is 24.0. The average molecular weight is 597 g/mol. The summed E-state index contributed by atoms with van der Waals surface area (Å²) in [4.78, 5) is 33.8. The number of benzene rings is 4. The van der Waals surface area contributed by atoms with Gasteiger partial charge in [-0.05, 0) is 97.5 Å². The summed E-state index contributed by atoms with van der Waals surface area (Å²) >= 11 is 0. The molecule has 4 aromatic rings. The van der Waals surface area contributed by atoms with E-state index in [4.69, 9.17) is 9.05 Å². The predicted octanol–water partition coefficient (Wildman–Crippen LogP) is 7.46. The van der Waals surface area contributed by atoms with Crippen LogP contribution in [0.25, 0.3) is 0 Å². The molecule has 9 heteroatoms. The van der Waals surface area contributed by atoms with Crippen LogP contribution in [0.3, 0.4) is 0 Å². The van der Waals surface area contributed by atoms with E-state index in [1.807, 2.05) is 72.8 Å². The maximum absolute atomic E-state index is 12.6. The van der Waals surface area contributed by atoms with Crippen LogP contribution in [0.2, 0.25) is 0 Å². The molecule has 2 amide bonds. The molecule has 0 heterocycles. The molecule has 4 aromatic carbocycles. The Bertz CT molecular complexity index is 1540. The number of phosphoric ester groups is 1. The Morgan fingerprint density at radius 1 is 0.605 bits per heavy atom. The molecule has 0 unspecified atom stereocenters. The van der Waals surface area contributed by atoms with E-state index in [0.717, 1.165) is 22.3 Å². The lowest BCUT2D eigenvalue weighted by Gasteiger charge is -2.14. The van der Waals surface area contributed by atoms with E-state index < -0.39 is 7.82 Å². The van der Waals surface area contributed by atoms with Gasteiger partial charge in [0.25, 0.3) is 11.8 Å². The normalized spacial score (nSPS) is 10.9.